The molecule has 0 aromatic heterocycles. The molecule has 136 valence electrons. The number of piperidine rings is 1. The Bertz CT molecular complexity index is 614. The van der Waals surface area contributed by atoms with E-state index in [0.717, 1.165) is 32.4 Å². The van der Waals surface area contributed by atoms with Gasteiger partial charge in [0.05, 0.1) is 12.7 Å². The minimum atomic E-state index is -0.508. The summed E-state index contributed by atoms with van der Waals surface area (Å²) >= 11 is 0. The van der Waals surface area contributed by atoms with Gasteiger partial charge in [-0.25, -0.2) is 4.79 Å². The lowest BCUT2D eigenvalue weighted by Crippen LogP contribution is -2.61. The number of amides is 1. The van der Waals surface area contributed by atoms with Crippen molar-refractivity contribution in [2.45, 2.75) is 51.8 Å². The van der Waals surface area contributed by atoms with Crippen LogP contribution in [-0.2, 0) is 11.3 Å². The molecule has 4 atom stereocenters. The van der Waals surface area contributed by atoms with Gasteiger partial charge in [-0.3, -0.25) is 4.90 Å². The van der Waals surface area contributed by atoms with Gasteiger partial charge < -0.3 is 9.84 Å². The zero-order chi connectivity index (χ0) is 17.8. The molecule has 5 heteroatoms. The Balaban J connectivity index is 1.60. The second kappa shape index (κ2) is 8.11. The molecule has 1 aromatic rings. The number of nitrogens with zero attached hydrogens (tertiary/aromatic N) is 2. The van der Waals surface area contributed by atoms with Gasteiger partial charge in [-0.05, 0) is 50.5 Å². The Morgan fingerprint density at radius 2 is 2.12 bits per heavy atom. The molecule has 2 fully saturated rings. The predicted molar refractivity (Wildman–Crippen MR) is 97.7 cm³/mol. The fourth-order valence-electron chi connectivity index (χ4n) is 4.15. The van der Waals surface area contributed by atoms with Crippen molar-refractivity contribution in [1.29, 1.82) is 0 Å². The summed E-state index contributed by atoms with van der Waals surface area (Å²) in [6, 6.07) is 8.89. The van der Waals surface area contributed by atoms with Gasteiger partial charge in [0.1, 0.15) is 0 Å². The topological polar surface area (TPSA) is 62.1 Å². The first-order chi connectivity index (χ1) is 12.1. The molecular formula is C20H28N2O3. The number of benzene rings is 1. The number of aliphatic hydroxyl groups excluding tert-OH is 1. The molecule has 1 aliphatic carbocycles. The minimum Gasteiger partial charge on any atom is -0.448 e. The number of carbonyl (C=O) groups is 1. The van der Waals surface area contributed by atoms with Gasteiger partial charge in [-0.1, -0.05) is 29.8 Å². The van der Waals surface area contributed by atoms with Crippen LogP contribution in [-0.4, -0.2) is 47.6 Å². The average molecular weight is 344 g/mol. The number of aryl methyl sites for hydroxylation is 1. The van der Waals surface area contributed by atoms with E-state index in [-0.39, 0.29) is 12.1 Å². The number of aliphatic imine (C=N–C) groups is 1. The molecule has 5 nitrogen and oxygen atoms in total. The number of aliphatic hydroxyl groups is 1. The number of fused-ring (bicyclic) bond motifs is 1. The lowest BCUT2D eigenvalue weighted by molar-refractivity contribution is -0.109. The van der Waals surface area contributed by atoms with Gasteiger partial charge in [0, 0.05) is 25.3 Å². The minimum absolute atomic E-state index is 0.204. The van der Waals surface area contributed by atoms with Gasteiger partial charge in [0.25, 0.3) is 0 Å². The van der Waals surface area contributed by atoms with Crippen molar-refractivity contribution >= 4 is 12.3 Å². The summed E-state index contributed by atoms with van der Waals surface area (Å²) in [5, 5.41) is 10.2. The lowest BCUT2D eigenvalue weighted by Gasteiger charge is -2.54. The zero-order valence-electron chi connectivity index (χ0n) is 15.1. The third kappa shape index (κ3) is 4.47. The number of ether oxygens (including phenoxy) is 1. The molecule has 1 aliphatic heterocycles. The molecule has 25 heavy (non-hydrogen) atoms. The SMILES string of the molecule is CCOC(=O)/N=C\CC1CC2C[C@H](O)C2N(Cc2ccc(C)cc2)C1. The van der Waals surface area contributed by atoms with E-state index in [2.05, 4.69) is 41.1 Å². The number of carbonyl (C=O) groups excluding carboxylic acids is 1. The molecule has 1 heterocycles. The van der Waals surface area contributed by atoms with Crippen LogP contribution in [0.1, 0.15) is 37.3 Å². The van der Waals surface area contributed by atoms with E-state index in [1.165, 1.54) is 11.1 Å². The third-order valence-corrected chi connectivity index (χ3v) is 5.38. The van der Waals surface area contributed by atoms with E-state index < -0.39 is 6.09 Å². The molecular weight excluding hydrogens is 316 g/mol. The largest absolute Gasteiger partial charge is 0.448 e. The van der Waals surface area contributed by atoms with Crippen molar-refractivity contribution in [3.63, 3.8) is 0 Å². The highest BCUT2D eigenvalue weighted by molar-refractivity contribution is 5.79. The molecule has 2 aliphatic rings. The fraction of sp³-hybridized carbons (Fsp3) is 0.600. The highest BCUT2D eigenvalue weighted by Gasteiger charge is 2.47. The summed E-state index contributed by atoms with van der Waals surface area (Å²) in [5.74, 6) is 1.02. The molecule has 1 saturated heterocycles. The molecule has 3 rings (SSSR count). The van der Waals surface area contributed by atoms with Crippen molar-refractivity contribution in [2.24, 2.45) is 16.8 Å². The summed E-state index contributed by atoms with van der Waals surface area (Å²) < 4.78 is 4.82. The van der Waals surface area contributed by atoms with Gasteiger partial charge in [0.2, 0.25) is 0 Å². The van der Waals surface area contributed by atoms with Crippen LogP contribution in [0.3, 0.4) is 0 Å². The van der Waals surface area contributed by atoms with E-state index in [9.17, 15) is 9.90 Å². The average Bonchev–Trinajstić information content (AvgIpc) is 2.56. The van der Waals surface area contributed by atoms with E-state index in [1.54, 1.807) is 13.1 Å². The van der Waals surface area contributed by atoms with Gasteiger partial charge >= 0.3 is 6.09 Å². The number of rotatable bonds is 5. The molecule has 0 radical (unpaired) electrons. The standard InChI is InChI=1S/C20H28N2O3/c1-3-25-20(24)21-9-8-16-10-17-11-18(23)19(17)22(13-16)12-15-6-4-14(2)5-7-15/h4-7,9,16-19,23H,3,8,10-13H2,1-2H3/b21-9-/t16?,17?,18-,19?/m0/s1. The predicted octanol–water partition coefficient (Wildman–Crippen LogP) is 3.18. The Labute approximate surface area is 149 Å². The van der Waals surface area contributed by atoms with Gasteiger partial charge in [-0.15, -0.1) is 0 Å². The molecule has 1 saturated carbocycles. The molecule has 1 amide bonds. The smallest absolute Gasteiger partial charge is 0.433 e. The Kier molecular flexibility index (Phi) is 5.86. The van der Waals surface area contributed by atoms with Crippen LogP contribution in [0.2, 0.25) is 0 Å². The maximum atomic E-state index is 11.3. The van der Waals surface area contributed by atoms with E-state index in [4.69, 9.17) is 4.74 Å². The third-order valence-electron chi connectivity index (χ3n) is 5.38. The lowest BCUT2D eigenvalue weighted by atomic mass is 9.67. The second-order valence-corrected chi connectivity index (χ2v) is 7.32. The summed E-state index contributed by atoms with van der Waals surface area (Å²) in [7, 11) is 0. The van der Waals surface area contributed by atoms with Crippen molar-refractivity contribution in [2.75, 3.05) is 13.2 Å². The normalized spacial score (nSPS) is 29.2. The summed E-state index contributed by atoms with van der Waals surface area (Å²) in [5.41, 5.74) is 2.54. The van der Waals surface area contributed by atoms with Crippen molar-refractivity contribution in [1.82, 2.24) is 4.90 Å². The summed E-state index contributed by atoms with van der Waals surface area (Å²) in [4.78, 5) is 17.6. The van der Waals surface area contributed by atoms with Gasteiger partial charge in [0.15, 0.2) is 0 Å². The van der Waals surface area contributed by atoms with Crippen LogP contribution in [0.4, 0.5) is 4.79 Å². The first kappa shape index (κ1) is 18.1. The van der Waals surface area contributed by atoms with Crippen LogP contribution in [0, 0.1) is 18.8 Å². The maximum Gasteiger partial charge on any atom is 0.433 e. The first-order valence-electron chi connectivity index (χ1n) is 9.23. The summed E-state index contributed by atoms with van der Waals surface area (Å²) in [6.45, 7) is 6.02. The Morgan fingerprint density at radius 3 is 2.80 bits per heavy atom. The Morgan fingerprint density at radius 1 is 1.36 bits per heavy atom. The quantitative estimate of drug-likeness (QED) is 0.833. The van der Waals surface area contributed by atoms with Crippen LogP contribution < -0.4 is 0 Å². The maximum absolute atomic E-state index is 11.3. The fourth-order valence-corrected chi connectivity index (χ4v) is 4.15. The van der Waals surface area contributed by atoms with Crippen LogP contribution in [0.25, 0.3) is 0 Å². The molecule has 3 unspecified atom stereocenters. The molecule has 0 spiro atoms. The highest BCUT2D eigenvalue weighted by atomic mass is 16.5. The Hall–Kier alpha value is -1.72. The molecule has 0 bridgehead atoms. The zero-order valence-corrected chi connectivity index (χ0v) is 15.1. The number of hydrogen-bond acceptors (Lipinski definition) is 4. The summed E-state index contributed by atoms with van der Waals surface area (Å²) in [6.07, 6.45) is 3.75. The van der Waals surface area contributed by atoms with E-state index in [0.29, 0.717) is 18.4 Å². The molecule has 1 N–H and O–H groups in total. The van der Waals surface area contributed by atoms with Crippen LogP contribution in [0.5, 0.6) is 0 Å². The highest BCUT2D eigenvalue weighted by Crippen LogP contribution is 2.42. The van der Waals surface area contributed by atoms with Crippen molar-refractivity contribution in [3.8, 4) is 0 Å². The number of hydrogen-bond donors (Lipinski definition) is 1. The number of likely N-dealkylation sites (tertiary alicyclic amines) is 1. The van der Waals surface area contributed by atoms with Crippen molar-refractivity contribution in [3.05, 3.63) is 35.4 Å². The monoisotopic (exact) mass is 344 g/mol. The molecule has 1 aromatic carbocycles. The van der Waals surface area contributed by atoms with E-state index >= 15 is 0 Å². The second-order valence-electron chi connectivity index (χ2n) is 7.32. The van der Waals surface area contributed by atoms with Crippen molar-refractivity contribution < 1.29 is 14.6 Å². The van der Waals surface area contributed by atoms with Crippen LogP contribution >= 0.6 is 0 Å². The first-order valence-corrected chi connectivity index (χ1v) is 9.23. The van der Waals surface area contributed by atoms with E-state index in [1.807, 2.05) is 0 Å². The van der Waals surface area contributed by atoms with Gasteiger partial charge in [-0.2, -0.15) is 4.99 Å². The van der Waals surface area contributed by atoms with Crippen LogP contribution in [0.15, 0.2) is 29.3 Å².